The Bertz CT molecular complexity index is 870. The number of ether oxygens (including phenoxy) is 3. The minimum atomic E-state index is 0.491. The van der Waals surface area contributed by atoms with Crippen molar-refractivity contribution in [3.05, 3.63) is 24.1 Å². The van der Waals surface area contributed by atoms with Gasteiger partial charge in [-0.2, -0.15) is 4.98 Å². The molecule has 3 aromatic rings. The van der Waals surface area contributed by atoms with Crippen LogP contribution in [-0.4, -0.2) is 54.8 Å². The monoisotopic (exact) mass is 409 g/mol. The Morgan fingerprint density at radius 3 is 2.78 bits per heavy atom. The van der Waals surface area contributed by atoms with Crippen LogP contribution >= 0.6 is 23.1 Å². The van der Waals surface area contributed by atoms with Crippen LogP contribution in [0.5, 0.6) is 11.5 Å². The van der Waals surface area contributed by atoms with Crippen molar-refractivity contribution in [2.45, 2.75) is 10.1 Å². The molecule has 0 radical (unpaired) electrons. The average molecular weight is 409 g/mol. The van der Waals surface area contributed by atoms with Gasteiger partial charge in [-0.05, 0) is 18.2 Å². The zero-order valence-corrected chi connectivity index (χ0v) is 16.7. The van der Waals surface area contributed by atoms with E-state index in [1.54, 1.807) is 27.4 Å². The van der Waals surface area contributed by atoms with Crippen LogP contribution in [-0.2, 0) is 10.5 Å². The number of nitrogens with zero attached hydrogens (tertiary/aromatic N) is 4. The Labute approximate surface area is 164 Å². The molecule has 11 heteroatoms. The molecule has 9 nitrogen and oxygen atoms in total. The number of aromatic nitrogens is 4. The van der Waals surface area contributed by atoms with Gasteiger partial charge < -0.3 is 24.1 Å². The molecule has 0 fully saturated rings. The predicted octanol–water partition coefficient (Wildman–Crippen LogP) is 2.96. The van der Waals surface area contributed by atoms with Crippen LogP contribution in [0, 0.1) is 0 Å². The van der Waals surface area contributed by atoms with E-state index in [9.17, 15) is 0 Å². The number of benzene rings is 1. The highest BCUT2D eigenvalue weighted by molar-refractivity contribution is 8.00. The summed E-state index contributed by atoms with van der Waals surface area (Å²) >= 11 is 2.96. The van der Waals surface area contributed by atoms with Crippen LogP contribution in [0.25, 0.3) is 11.4 Å². The summed E-state index contributed by atoms with van der Waals surface area (Å²) in [5.41, 5.74) is 0.785. The Hall–Kier alpha value is -2.37. The van der Waals surface area contributed by atoms with Crippen molar-refractivity contribution in [1.29, 1.82) is 0 Å². The fourth-order valence-electron chi connectivity index (χ4n) is 2.13. The lowest BCUT2D eigenvalue weighted by molar-refractivity contribution is 0.211. The zero-order valence-electron chi connectivity index (χ0n) is 15.1. The van der Waals surface area contributed by atoms with Gasteiger partial charge in [0.15, 0.2) is 15.8 Å². The number of thioether (sulfide) groups is 1. The van der Waals surface area contributed by atoms with Crippen LogP contribution < -0.4 is 14.8 Å². The van der Waals surface area contributed by atoms with Gasteiger partial charge in [0.1, 0.15) is 0 Å². The summed E-state index contributed by atoms with van der Waals surface area (Å²) in [5, 5.41) is 16.1. The molecule has 0 aliphatic carbocycles. The summed E-state index contributed by atoms with van der Waals surface area (Å²) in [6, 6.07) is 5.47. The molecule has 0 aliphatic rings. The summed E-state index contributed by atoms with van der Waals surface area (Å²) in [7, 11) is 4.83. The Morgan fingerprint density at radius 1 is 1.15 bits per heavy atom. The summed E-state index contributed by atoms with van der Waals surface area (Å²) in [6.45, 7) is 1.30. The maximum atomic E-state index is 5.33. The number of nitrogens with one attached hydrogen (secondary N) is 1. The lowest BCUT2D eigenvalue weighted by atomic mass is 10.2. The normalized spacial score (nSPS) is 10.8. The summed E-state index contributed by atoms with van der Waals surface area (Å²) in [4.78, 5) is 4.42. The molecule has 0 unspecified atom stereocenters. The number of rotatable bonds is 10. The standard InChI is InChI=1S/C16H19N5O4S2/c1-22-7-6-17-15-19-20-16(27-15)26-9-13-18-14(21-25-13)10-4-5-11(23-2)12(8-10)24-3/h4-5,8H,6-7,9H2,1-3H3,(H,17,19). The zero-order chi connectivity index (χ0) is 19.1. The molecular weight excluding hydrogens is 390 g/mol. The Kier molecular flexibility index (Phi) is 6.85. The van der Waals surface area contributed by atoms with Crippen molar-refractivity contribution < 1.29 is 18.7 Å². The van der Waals surface area contributed by atoms with Crippen LogP contribution in [0.4, 0.5) is 5.13 Å². The minimum absolute atomic E-state index is 0.491. The molecular formula is C16H19N5O4S2. The van der Waals surface area contributed by atoms with Crippen molar-refractivity contribution in [3.8, 4) is 22.9 Å². The van der Waals surface area contributed by atoms with Crippen molar-refractivity contribution in [3.63, 3.8) is 0 Å². The fraction of sp³-hybridized carbons (Fsp3) is 0.375. The van der Waals surface area contributed by atoms with Gasteiger partial charge in [0.2, 0.25) is 16.8 Å². The lowest BCUT2D eigenvalue weighted by Crippen LogP contribution is -2.06. The molecule has 0 aliphatic heterocycles. The second-order valence-corrected chi connectivity index (χ2v) is 7.36. The van der Waals surface area contributed by atoms with E-state index in [2.05, 4.69) is 25.7 Å². The molecule has 3 rings (SSSR count). The molecule has 27 heavy (non-hydrogen) atoms. The predicted molar refractivity (Wildman–Crippen MR) is 103 cm³/mol. The first-order valence-electron chi connectivity index (χ1n) is 7.97. The second-order valence-electron chi connectivity index (χ2n) is 5.16. The molecule has 0 atom stereocenters. The van der Waals surface area contributed by atoms with E-state index in [0.29, 0.717) is 42.1 Å². The van der Waals surface area contributed by atoms with Gasteiger partial charge in [-0.25, -0.2) is 0 Å². The van der Waals surface area contributed by atoms with E-state index in [1.807, 2.05) is 12.1 Å². The molecule has 0 amide bonds. The molecule has 1 aromatic carbocycles. The first-order valence-corrected chi connectivity index (χ1v) is 9.77. The highest BCUT2D eigenvalue weighted by Crippen LogP contribution is 2.32. The van der Waals surface area contributed by atoms with Gasteiger partial charge in [0, 0.05) is 19.2 Å². The number of hydrogen-bond donors (Lipinski definition) is 1. The van der Waals surface area contributed by atoms with Crippen molar-refractivity contribution in [1.82, 2.24) is 20.3 Å². The molecule has 1 N–H and O–H groups in total. The van der Waals surface area contributed by atoms with E-state index in [1.165, 1.54) is 23.1 Å². The smallest absolute Gasteiger partial charge is 0.237 e. The first kappa shape index (κ1) is 19.4. The van der Waals surface area contributed by atoms with E-state index in [4.69, 9.17) is 18.7 Å². The Morgan fingerprint density at radius 2 is 2.00 bits per heavy atom. The molecule has 2 heterocycles. The van der Waals surface area contributed by atoms with Gasteiger partial charge in [-0.1, -0.05) is 28.3 Å². The van der Waals surface area contributed by atoms with Crippen LogP contribution in [0.2, 0.25) is 0 Å². The van der Waals surface area contributed by atoms with Gasteiger partial charge >= 0.3 is 0 Å². The van der Waals surface area contributed by atoms with Crippen molar-refractivity contribution in [2.24, 2.45) is 0 Å². The van der Waals surface area contributed by atoms with E-state index >= 15 is 0 Å². The van der Waals surface area contributed by atoms with Gasteiger partial charge in [0.25, 0.3) is 0 Å². The third kappa shape index (κ3) is 5.08. The summed E-state index contributed by atoms with van der Waals surface area (Å²) in [5.74, 6) is 2.76. The fourth-order valence-corrected chi connectivity index (χ4v) is 3.74. The second kappa shape index (κ2) is 9.53. The largest absolute Gasteiger partial charge is 0.493 e. The maximum Gasteiger partial charge on any atom is 0.237 e. The number of hydrogen-bond acceptors (Lipinski definition) is 11. The van der Waals surface area contributed by atoms with Crippen LogP contribution in [0.1, 0.15) is 5.89 Å². The maximum absolute atomic E-state index is 5.33. The molecule has 0 bridgehead atoms. The highest BCUT2D eigenvalue weighted by atomic mass is 32.2. The Balaban J connectivity index is 1.60. The van der Waals surface area contributed by atoms with Gasteiger partial charge in [0.05, 0.1) is 26.6 Å². The highest BCUT2D eigenvalue weighted by Gasteiger charge is 2.13. The van der Waals surface area contributed by atoms with E-state index in [-0.39, 0.29) is 0 Å². The third-order valence-corrected chi connectivity index (χ3v) is 5.42. The average Bonchev–Trinajstić information content (AvgIpc) is 3.35. The SMILES string of the molecule is COCCNc1nnc(SCc2nc(-c3ccc(OC)c(OC)c3)no2)s1. The molecule has 0 saturated heterocycles. The first-order chi connectivity index (χ1) is 13.2. The quantitative estimate of drug-likeness (QED) is 0.397. The molecule has 0 spiro atoms. The van der Waals surface area contributed by atoms with Gasteiger partial charge in [-0.15, -0.1) is 10.2 Å². The lowest BCUT2D eigenvalue weighted by Gasteiger charge is -2.07. The minimum Gasteiger partial charge on any atom is -0.493 e. The van der Waals surface area contributed by atoms with E-state index < -0.39 is 0 Å². The molecule has 144 valence electrons. The van der Waals surface area contributed by atoms with Crippen LogP contribution in [0.15, 0.2) is 27.1 Å². The topological polar surface area (TPSA) is 104 Å². The van der Waals surface area contributed by atoms with E-state index in [0.717, 1.165) is 15.0 Å². The summed E-state index contributed by atoms with van der Waals surface area (Å²) in [6.07, 6.45) is 0. The van der Waals surface area contributed by atoms with Crippen molar-refractivity contribution in [2.75, 3.05) is 39.8 Å². The summed E-state index contributed by atoms with van der Waals surface area (Å²) < 4.78 is 21.7. The third-order valence-electron chi connectivity index (χ3n) is 3.42. The van der Waals surface area contributed by atoms with Crippen molar-refractivity contribution >= 4 is 28.2 Å². The number of methoxy groups -OCH3 is 3. The van der Waals surface area contributed by atoms with Gasteiger partial charge in [-0.3, -0.25) is 0 Å². The number of anilines is 1. The molecule has 2 aromatic heterocycles. The van der Waals surface area contributed by atoms with Crippen LogP contribution in [0.3, 0.4) is 0 Å². The molecule has 0 saturated carbocycles.